The molecule has 41 heavy (non-hydrogen) atoms. The highest BCUT2D eigenvalue weighted by molar-refractivity contribution is 6.31. The van der Waals surface area contributed by atoms with E-state index in [-0.39, 0.29) is 17.5 Å². The third kappa shape index (κ3) is 5.69. The highest BCUT2D eigenvalue weighted by atomic mass is 35.5. The highest BCUT2D eigenvalue weighted by Crippen LogP contribution is 2.28. The molecule has 0 saturated carbocycles. The number of hydrogen-bond donors (Lipinski definition) is 1. The van der Waals surface area contributed by atoms with Crippen LogP contribution in [0, 0.1) is 0 Å². The van der Waals surface area contributed by atoms with Crippen LogP contribution >= 0.6 is 23.2 Å². The summed E-state index contributed by atoms with van der Waals surface area (Å²) in [6.07, 6.45) is 6.36. The molecule has 1 atom stereocenters. The zero-order valence-electron chi connectivity index (χ0n) is 21.2. The molecule has 0 fully saturated rings. The second kappa shape index (κ2) is 11.3. The van der Waals surface area contributed by atoms with Gasteiger partial charge in [0, 0.05) is 41.2 Å². The first-order valence-electron chi connectivity index (χ1n) is 12.5. The van der Waals surface area contributed by atoms with Gasteiger partial charge in [0.05, 0.1) is 34.9 Å². The van der Waals surface area contributed by atoms with Crippen molar-refractivity contribution in [3.05, 3.63) is 124 Å². The second-order valence-electron chi connectivity index (χ2n) is 9.12. The summed E-state index contributed by atoms with van der Waals surface area (Å²) in [7, 11) is 0. The Balaban J connectivity index is 1.37. The third-order valence-corrected chi connectivity index (χ3v) is 6.84. The zero-order chi connectivity index (χ0) is 28.3. The molecule has 10 nitrogen and oxygen atoms in total. The van der Waals surface area contributed by atoms with Gasteiger partial charge in [-0.3, -0.25) is 24.1 Å². The maximum atomic E-state index is 13.7. The largest absolute Gasteiger partial charge is 0.324 e. The number of fused-ring (bicyclic) bond motifs is 1. The molecule has 0 unspecified atom stereocenters. The fraction of sp³-hybridized carbons (Fsp3) is 0.0690. The van der Waals surface area contributed by atoms with Crippen LogP contribution in [0.5, 0.6) is 0 Å². The van der Waals surface area contributed by atoms with Crippen molar-refractivity contribution in [2.75, 3.05) is 5.32 Å². The van der Waals surface area contributed by atoms with E-state index >= 15 is 0 Å². The summed E-state index contributed by atoms with van der Waals surface area (Å²) >= 11 is 12.3. The number of nitrogens with zero attached hydrogens (tertiary/aromatic N) is 7. The first kappa shape index (κ1) is 26.3. The number of nitrogens with one attached hydrogen (secondary N) is 1. The van der Waals surface area contributed by atoms with Gasteiger partial charge in [0.25, 0.3) is 5.56 Å². The predicted molar refractivity (Wildman–Crippen MR) is 156 cm³/mol. The van der Waals surface area contributed by atoms with Gasteiger partial charge in [-0.1, -0.05) is 58.7 Å². The Kier molecular flexibility index (Phi) is 7.24. The van der Waals surface area contributed by atoms with Crippen LogP contribution in [0.3, 0.4) is 0 Å². The van der Waals surface area contributed by atoms with Crippen molar-refractivity contribution in [2.24, 2.45) is 0 Å². The van der Waals surface area contributed by atoms with Crippen LogP contribution in [0.4, 0.5) is 5.69 Å². The van der Waals surface area contributed by atoms with Gasteiger partial charge in [-0.15, -0.1) is 5.10 Å². The molecule has 3 heterocycles. The minimum absolute atomic E-state index is 0.211. The molecule has 0 aliphatic carbocycles. The summed E-state index contributed by atoms with van der Waals surface area (Å²) < 4.78 is 2.80. The summed E-state index contributed by atoms with van der Waals surface area (Å²) in [6, 6.07) is 20.3. The maximum absolute atomic E-state index is 13.7. The molecule has 202 valence electrons. The third-order valence-electron chi connectivity index (χ3n) is 6.43. The summed E-state index contributed by atoms with van der Waals surface area (Å²) in [6.45, 7) is 0. The fourth-order valence-corrected chi connectivity index (χ4v) is 4.79. The molecule has 0 bridgehead atoms. The second-order valence-corrected chi connectivity index (χ2v) is 9.95. The van der Waals surface area contributed by atoms with Crippen LogP contribution in [0.15, 0.2) is 103 Å². The van der Waals surface area contributed by atoms with Gasteiger partial charge in [0.1, 0.15) is 6.04 Å². The normalized spacial score (nSPS) is 11.9. The molecule has 3 aromatic heterocycles. The molecule has 0 saturated heterocycles. The van der Waals surface area contributed by atoms with Gasteiger partial charge in [-0.25, -0.2) is 9.67 Å². The first-order chi connectivity index (χ1) is 19.9. The molecule has 6 rings (SSSR count). The molecule has 1 N–H and O–H groups in total. The van der Waals surface area contributed by atoms with E-state index in [1.54, 1.807) is 48.8 Å². The number of halogens is 2. The van der Waals surface area contributed by atoms with Crippen LogP contribution in [-0.2, 0) is 11.2 Å². The number of carbonyl (C=O) groups excluding carboxylic acids is 1. The fourth-order valence-electron chi connectivity index (χ4n) is 4.49. The monoisotopic (exact) mass is 582 g/mol. The average Bonchev–Trinajstić information content (AvgIpc) is 3.42. The van der Waals surface area contributed by atoms with Crippen LogP contribution < -0.4 is 10.9 Å². The van der Waals surface area contributed by atoms with E-state index in [0.29, 0.717) is 38.7 Å². The standard InChI is InChI=1S/C29H20Cl2N8O2/c30-19-6-9-25(39-16-27(31)36-37-39)21(13-19)23-15-28(40)38(17-34-23)26(12-18-4-2-1-3-5-18)29(41)35-20-7-8-22-24(14-20)33-11-10-32-22/h1-11,13-17,26H,12H2,(H,35,41)/t26-/m0/s1. The molecule has 0 aliphatic heterocycles. The molecule has 0 aliphatic rings. The zero-order valence-corrected chi connectivity index (χ0v) is 22.7. The Bertz CT molecular complexity index is 1940. The quantitative estimate of drug-likeness (QED) is 0.276. The van der Waals surface area contributed by atoms with Crippen molar-refractivity contribution in [2.45, 2.75) is 12.5 Å². The van der Waals surface area contributed by atoms with Gasteiger partial charge in [-0.2, -0.15) is 0 Å². The van der Waals surface area contributed by atoms with Crippen LogP contribution in [0.1, 0.15) is 11.6 Å². The molecule has 12 heteroatoms. The highest BCUT2D eigenvalue weighted by Gasteiger charge is 2.24. The Morgan fingerprint density at radius 2 is 1.71 bits per heavy atom. The Hall–Kier alpha value is -4.93. The molecular formula is C29H20Cl2N8O2. The van der Waals surface area contributed by atoms with E-state index in [2.05, 4.69) is 30.6 Å². The van der Waals surface area contributed by atoms with Crippen LogP contribution in [0.25, 0.3) is 28.0 Å². The minimum atomic E-state index is -0.892. The number of carbonyl (C=O) groups is 1. The number of aromatic nitrogens is 7. The predicted octanol–water partition coefficient (Wildman–Crippen LogP) is 5.16. The van der Waals surface area contributed by atoms with Crippen molar-refractivity contribution in [3.8, 4) is 16.9 Å². The van der Waals surface area contributed by atoms with Crippen molar-refractivity contribution in [3.63, 3.8) is 0 Å². The van der Waals surface area contributed by atoms with E-state index in [0.717, 1.165) is 5.56 Å². The van der Waals surface area contributed by atoms with E-state index in [9.17, 15) is 9.59 Å². The maximum Gasteiger partial charge on any atom is 0.254 e. The lowest BCUT2D eigenvalue weighted by Gasteiger charge is -2.20. The number of anilines is 1. The molecule has 0 radical (unpaired) electrons. The summed E-state index contributed by atoms with van der Waals surface area (Å²) in [5, 5.41) is 11.4. The van der Waals surface area contributed by atoms with Gasteiger partial charge in [0.2, 0.25) is 5.91 Å². The molecule has 0 spiro atoms. The summed E-state index contributed by atoms with van der Waals surface area (Å²) in [5.41, 5.74) is 3.82. The van der Waals surface area contributed by atoms with E-state index < -0.39 is 11.6 Å². The minimum Gasteiger partial charge on any atom is -0.324 e. The number of amides is 1. The van der Waals surface area contributed by atoms with Gasteiger partial charge in [0.15, 0.2) is 5.15 Å². The van der Waals surface area contributed by atoms with Crippen LogP contribution in [-0.4, -0.2) is 40.4 Å². The van der Waals surface area contributed by atoms with Gasteiger partial charge >= 0.3 is 0 Å². The molecular weight excluding hydrogens is 563 g/mol. The van der Waals surface area contributed by atoms with Crippen molar-refractivity contribution >= 4 is 45.8 Å². The molecule has 3 aromatic carbocycles. The molecule has 1 amide bonds. The lowest BCUT2D eigenvalue weighted by atomic mass is 10.0. The Labute approximate surface area is 243 Å². The van der Waals surface area contributed by atoms with E-state index in [4.69, 9.17) is 23.2 Å². The van der Waals surface area contributed by atoms with E-state index in [1.807, 2.05) is 30.3 Å². The number of benzene rings is 3. The number of hydrogen-bond acceptors (Lipinski definition) is 7. The molecule has 6 aromatic rings. The Morgan fingerprint density at radius 3 is 2.46 bits per heavy atom. The van der Waals surface area contributed by atoms with Crippen molar-refractivity contribution in [1.82, 2.24) is 34.5 Å². The number of rotatable bonds is 7. The summed E-state index contributed by atoms with van der Waals surface area (Å²) in [5.74, 6) is -0.380. The van der Waals surface area contributed by atoms with Crippen LogP contribution in [0.2, 0.25) is 10.2 Å². The summed E-state index contributed by atoms with van der Waals surface area (Å²) in [4.78, 5) is 40.3. The average molecular weight is 583 g/mol. The lowest BCUT2D eigenvalue weighted by molar-refractivity contribution is -0.119. The van der Waals surface area contributed by atoms with Crippen molar-refractivity contribution in [1.29, 1.82) is 0 Å². The lowest BCUT2D eigenvalue weighted by Crippen LogP contribution is -2.34. The van der Waals surface area contributed by atoms with Gasteiger partial charge < -0.3 is 5.32 Å². The Morgan fingerprint density at radius 1 is 0.902 bits per heavy atom. The topological polar surface area (TPSA) is 120 Å². The smallest absolute Gasteiger partial charge is 0.254 e. The van der Waals surface area contributed by atoms with Gasteiger partial charge in [-0.05, 0) is 42.0 Å². The SMILES string of the molecule is O=C(Nc1ccc2nccnc2c1)[C@H](Cc1ccccc1)n1cnc(-c2cc(Cl)ccc2-n2cc(Cl)nn2)cc1=O. The van der Waals surface area contributed by atoms with E-state index in [1.165, 1.54) is 27.8 Å². The van der Waals surface area contributed by atoms with Crippen molar-refractivity contribution < 1.29 is 4.79 Å². The first-order valence-corrected chi connectivity index (χ1v) is 13.2.